The van der Waals surface area contributed by atoms with Crippen molar-refractivity contribution >= 4 is 29.8 Å². The number of hydrogen-bond donors (Lipinski definition) is 2. The minimum Gasteiger partial charge on any atom is -0.668 e. The Balaban J connectivity index is 0.00000165. The molecule has 2 aliphatic rings. The molecule has 1 unspecified atom stereocenters. The van der Waals surface area contributed by atoms with Gasteiger partial charge in [-0.15, -0.1) is 6.54 Å². The largest absolute Gasteiger partial charge is 0.668 e. The Labute approximate surface area is 209 Å². The number of unbranched alkanes of at least 4 members (excludes halogenated alkanes) is 1. The van der Waals surface area contributed by atoms with Crippen LogP contribution in [0.25, 0.3) is 5.73 Å². The van der Waals surface area contributed by atoms with Crippen LogP contribution in [0.4, 0.5) is 0 Å². The molecule has 1 atom stereocenters. The van der Waals surface area contributed by atoms with E-state index in [1.807, 2.05) is 0 Å². The van der Waals surface area contributed by atoms with E-state index in [0.29, 0.717) is 19.5 Å². The van der Waals surface area contributed by atoms with Crippen molar-refractivity contribution < 1.29 is 56.7 Å². The summed E-state index contributed by atoms with van der Waals surface area (Å²) >= 11 is 0. The van der Waals surface area contributed by atoms with Crippen LogP contribution >= 0.6 is 0 Å². The molecule has 0 bridgehead atoms. The molecule has 0 aromatic carbocycles. The first-order valence-electron chi connectivity index (χ1n) is 10.4. The summed E-state index contributed by atoms with van der Waals surface area (Å²) in [7, 11) is 0. The summed E-state index contributed by atoms with van der Waals surface area (Å²) in [5.74, 6) is -0.265. The van der Waals surface area contributed by atoms with Crippen molar-refractivity contribution in [3.63, 3.8) is 0 Å². The summed E-state index contributed by atoms with van der Waals surface area (Å²) in [5, 5.41) is 2.94. The number of nitrogens with one attached hydrogen (secondary N) is 2. The number of imide groups is 1. The Hall–Kier alpha value is -1.29. The third kappa shape index (κ3) is 11.2. The van der Waals surface area contributed by atoms with Crippen molar-refractivity contribution in [3.8, 4) is 0 Å². The number of carbonyl (C=O) groups excluding carboxylic acids is 5. The predicted molar refractivity (Wildman–Crippen MR) is 112 cm³/mol. The van der Waals surface area contributed by atoms with Crippen LogP contribution < -0.4 is 11.1 Å². The third-order valence-electron chi connectivity index (χ3n) is 5.35. The number of amides is 3. The van der Waals surface area contributed by atoms with Gasteiger partial charge in [0.1, 0.15) is 5.78 Å². The molecule has 1 aliphatic heterocycles. The number of Topliss-reactive ketones (excluding diaryl/α,β-unsaturated/α-hetero) is 1. The van der Waals surface area contributed by atoms with Gasteiger partial charge in [-0.3, -0.25) is 25.6 Å². The van der Waals surface area contributed by atoms with Crippen LogP contribution in [-0.4, -0.2) is 60.4 Å². The number of rotatable bonds is 10. The van der Waals surface area contributed by atoms with Gasteiger partial charge in [-0.1, -0.05) is 18.9 Å². The standard InChI is InChI=1S/C19H28N3O4.C2H4NO.Y/c1-13(23)16(20)4-2-3-11-21-19(26)15-7-5-14(6-8-15)12-22-17(24)9-10-18(22)25;3-1-2-4;/h9-10,14-16,20H,2-8,11-12H2,1H3,(H,21,26);1,3H2;/q2*-1;. The van der Waals surface area contributed by atoms with Gasteiger partial charge in [-0.2, -0.15) is 0 Å². The Morgan fingerprint density at radius 3 is 2.23 bits per heavy atom. The first kappa shape index (κ1) is 29.7. The zero-order valence-electron chi connectivity index (χ0n) is 18.1. The second-order valence-corrected chi connectivity index (χ2v) is 7.64. The summed E-state index contributed by atoms with van der Waals surface area (Å²) in [6.45, 7) is 2.47. The molecule has 0 spiro atoms. The van der Waals surface area contributed by atoms with Crippen molar-refractivity contribution in [2.45, 2.75) is 57.9 Å². The Kier molecular flexibility index (Phi) is 15.7. The summed E-state index contributed by atoms with van der Waals surface area (Å²) < 4.78 is 0. The molecule has 9 nitrogen and oxygen atoms in total. The van der Waals surface area contributed by atoms with E-state index in [4.69, 9.17) is 10.5 Å². The predicted octanol–water partition coefficient (Wildman–Crippen LogP) is 1.07. The van der Waals surface area contributed by atoms with Gasteiger partial charge in [-0.05, 0) is 44.9 Å². The zero-order chi connectivity index (χ0) is 22.5. The molecule has 171 valence electrons. The van der Waals surface area contributed by atoms with Gasteiger partial charge < -0.3 is 26.4 Å². The molecular weight excluding hydrogens is 477 g/mol. The Morgan fingerprint density at radius 2 is 1.74 bits per heavy atom. The molecule has 0 aromatic heterocycles. The quantitative estimate of drug-likeness (QED) is 0.255. The van der Waals surface area contributed by atoms with E-state index in [-0.39, 0.29) is 74.6 Å². The molecule has 0 saturated heterocycles. The van der Waals surface area contributed by atoms with E-state index in [9.17, 15) is 19.2 Å². The molecule has 1 heterocycles. The van der Waals surface area contributed by atoms with Gasteiger partial charge in [0, 0.05) is 63.9 Å². The molecule has 1 saturated carbocycles. The third-order valence-corrected chi connectivity index (χ3v) is 5.35. The minimum atomic E-state index is -0.648. The average Bonchev–Trinajstić information content (AvgIpc) is 3.05. The van der Waals surface area contributed by atoms with Gasteiger partial charge in [0.15, 0.2) is 0 Å². The van der Waals surface area contributed by atoms with E-state index >= 15 is 0 Å². The van der Waals surface area contributed by atoms with Crippen LogP contribution in [0.2, 0.25) is 0 Å². The summed E-state index contributed by atoms with van der Waals surface area (Å²) in [6.07, 6.45) is 9.38. The molecule has 4 N–H and O–H groups in total. The number of hydrogen-bond acceptors (Lipinski definition) is 6. The van der Waals surface area contributed by atoms with Gasteiger partial charge in [0.25, 0.3) is 11.8 Å². The monoisotopic (exact) mass is 509 g/mol. The zero-order valence-corrected chi connectivity index (χ0v) is 20.9. The van der Waals surface area contributed by atoms with Crippen LogP contribution in [0.15, 0.2) is 12.2 Å². The summed E-state index contributed by atoms with van der Waals surface area (Å²) in [6, 6.07) is -0.648. The topological polar surface area (TPSA) is 150 Å². The number of ketones is 1. The molecule has 1 radical (unpaired) electrons. The van der Waals surface area contributed by atoms with Crippen molar-refractivity contribution in [1.29, 1.82) is 0 Å². The summed E-state index contributed by atoms with van der Waals surface area (Å²) in [5.41, 5.74) is 12.1. The molecule has 0 aromatic rings. The summed E-state index contributed by atoms with van der Waals surface area (Å²) in [4.78, 5) is 56.6. The van der Waals surface area contributed by atoms with E-state index < -0.39 is 6.04 Å². The van der Waals surface area contributed by atoms with Crippen LogP contribution in [0.1, 0.15) is 51.9 Å². The molecule has 2 rings (SSSR count). The average molecular weight is 509 g/mol. The van der Waals surface area contributed by atoms with Crippen molar-refractivity contribution in [2.75, 3.05) is 19.6 Å². The molecule has 10 heteroatoms. The van der Waals surface area contributed by atoms with E-state index in [1.54, 1.807) is 0 Å². The fraction of sp³-hybridized carbons (Fsp3) is 0.667. The maximum Gasteiger partial charge on any atom is 0.253 e. The molecular formula is C21H32N4O5Y-2. The van der Waals surface area contributed by atoms with Crippen molar-refractivity contribution in [3.05, 3.63) is 17.9 Å². The fourth-order valence-electron chi connectivity index (χ4n) is 3.51. The Morgan fingerprint density at radius 1 is 1.19 bits per heavy atom. The van der Waals surface area contributed by atoms with Gasteiger partial charge >= 0.3 is 0 Å². The van der Waals surface area contributed by atoms with Gasteiger partial charge in [0.05, 0.1) is 0 Å². The molecule has 31 heavy (non-hydrogen) atoms. The molecule has 1 fully saturated rings. The van der Waals surface area contributed by atoms with Gasteiger partial charge in [0.2, 0.25) is 5.91 Å². The van der Waals surface area contributed by atoms with Crippen LogP contribution in [0, 0.1) is 11.8 Å². The number of nitrogens with two attached hydrogens (primary N) is 1. The molecule has 3 amide bonds. The van der Waals surface area contributed by atoms with Crippen LogP contribution in [0.5, 0.6) is 0 Å². The van der Waals surface area contributed by atoms with Crippen molar-refractivity contribution in [2.24, 2.45) is 17.6 Å². The smallest absolute Gasteiger partial charge is 0.253 e. The second-order valence-electron chi connectivity index (χ2n) is 7.64. The van der Waals surface area contributed by atoms with Crippen molar-refractivity contribution in [1.82, 2.24) is 10.2 Å². The van der Waals surface area contributed by atoms with Gasteiger partial charge in [-0.25, -0.2) is 0 Å². The Bertz CT molecular complexity index is 630. The SMILES string of the molecule is CC(=O)C([NH-])CCCCNC(=O)C1CCC(CN2C(=O)C=CC2=O)CC1.NC[C-]=O.[Y]. The first-order valence-corrected chi connectivity index (χ1v) is 10.4. The first-order chi connectivity index (χ1) is 14.3. The fourth-order valence-corrected chi connectivity index (χ4v) is 3.51. The number of carbonyl (C=O) groups is 4. The maximum atomic E-state index is 12.2. The maximum absolute atomic E-state index is 12.2. The van der Waals surface area contributed by atoms with Crippen LogP contribution in [-0.2, 0) is 56.7 Å². The van der Waals surface area contributed by atoms with Crippen LogP contribution in [0.3, 0.4) is 0 Å². The molecule has 1 aliphatic carbocycles. The second kappa shape index (κ2) is 16.4. The normalized spacial score (nSPS) is 20.9. The van der Waals surface area contributed by atoms with E-state index in [2.05, 4.69) is 11.1 Å². The minimum absolute atomic E-state index is 0. The number of nitrogens with zero attached hydrogens (tertiary/aromatic N) is 1. The van der Waals surface area contributed by atoms with E-state index in [1.165, 1.54) is 30.3 Å². The van der Waals surface area contributed by atoms with E-state index in [0.717, 1.165) is 38.5 Å².